The number of hydrogen-bond donors (Lipinski definition) is 2. The van der Waals surface area contributed by atoms with Gasteiger partial charge in [0.25, 0.3) is 0 Å². The average Bonchev–Trinajstić information content (AvgIpc) is 2.89. The number of carbonyl (C=O) groups is 1. The topological polar surface area (TPSA) is 67.2 Å². The number of aliphatic hydroxyl groups is 1. The molecule has 0 aliphatic carbocycles. The molecule has 1 amide bonds. The van der Waals surface area contributed by atoms with E-state index in [9.17, 15) is 4.79 Å². The van der Waals surface area contributed by atoms with Crippen LogP contribution >= 0.6 is 11.8 Å². The predicted molar refractivity (Wildman–Crippen MR) is 90.0 cm³/mol. The van der Waals surface area contributed by atoms with Crippen LogP contribution in [-0.4, -0.2) is 39.0 Å². The first-order chi connectivity index (χ1) is 10.6. The highest BCUT2D eigenvalue weighted by Gasteiger charge is 2.15. The van der Waals surface area contributed by atoms with Crippen LogP contribution in [0.15, 0.2) is 29.4 Å². The Morgan fingerprint density at radius 3 is 2.82 bits per heavy atom. The number of nitrogens with one attached hydrogen (secondary N) is 1. The number of imidazole rings is 1. The lowest BCUT2D eigenvalue weighted by atomic mass is 10.1. The van der Waals surface area contributed by atoms with Gasteiger partial charge in [-0.1, -0.05) is 30.8 Å². The van der Waals surface area contributed by atoms with Crippen molar-refractivity contribution in [3.8, 4) is 0 Å². The van der Waals surface area contributed by atoms with Gasteiger partial charge in [-0.25, -0.2) is 4.98 Å². The number of amides is 1. The number of aryl methyl sites for hydroxylation is 1. The van der Waals surface area contributed by atoms with E-state index in [4.69, 9.17) is 5.11 Å². The maximum atomic E-state index is 12.0. The van der Waals surface area contributed by atoms with Crippen molar-refractivity contribution in [3.05, 3.63) is 24.3 Å². The second-order valence-electron chi connectivity index (χ2n) is 5.43. The van der Waals surface area contributed by atoms with E-state index in [0.29, 0.717) is 5.75 Å². The zero-order chi connectivity index (χ0) is 16.1. The molecule has 0 bridgehead atoms. The second-order valence-corrected chi connectivity index (χ2v) is 6.37. The lowest BCUT2D eigenvalue weighted by Gasteiger charge is -2.19. The molecular weight excluding hydrogens is 298 g/mol. The van der Waals surface area contributed by atoms with Gasteiger partial charge >= 0.3 is 0 Å². The summed E-state index contributed by atoms with van der Waals surface area (Å²) in [6.07, 6.45) is 0. The van der Waals surface area contributed by atoms with Gasteiger partial charge in [-0.15, -0.1) is 0 Å². The highest BCUT2D eigenvalue weighted by molar-refractivity contribution is 7.99. The number of para-hydroxylation sites is 2. The lowest BCUT2D eigenvalue weighted by molar-refractivity contribution is -0.119. The Morgan fingerprint density at radius 2 is 2.14 bits per heavy atom. The summed E-state index contributed by atoms with van der Waals surface area (Å²) in [5.41, 5.74) is 2.05. The van der Waals surface area contributed by atoms with Gasteiger partial charge in [-0.05, 0) is 31.9 Å². The molecule has 0 aliphatic heterocycles. The predicted octanol–water partition coefficient (Wildman–Crippen LogP) is 2.28. The summed E-state index contributed by atoms with van der Waals surface area (Å²) in [7, 11) is 0. The van der Waals surface area contributed by atoms with Crippen molar-refractivity contribution in [2.24, 2.45) is 5.92 Å². The Labute approximate surface area is 135 Å². The van der Waals surface area contributed by atoms with Crippen molar-refractivity contribution in [2.75, 3.05) is 12.4 Å². The number of thioether (sulfide) groups is 1. The molecule has 120 valence electrons. The van der Waals surface area contributed by atoms with Gasteiger partial charge in [0.2, 0.25) is 5.91 Å². The molecule has 0 saturated heterocycles. The first-order valence-electron chi connectivity index (χ1n) is 7.55. The summed E-state index contributed by atoms with van der Waals surface area (Å²) < 4.78 is 2.12. The van der Waals surface area contributed by atoms with Crippen molar-refractivity contribution < 1.29 is 9.90 Å². The quantitative estimate of drug-likeness (QED) is 0.768. The fraction of sp³-hybridized carbons (Fsp3) is 0.500. The number of benzene rings is 1. The van der Waals surface area contributed by atoms with E-state index in [1.165, 1.54) is 11.8 Å². The molecule has 2 N–H and O–H groups in total. The zero-order valence-corrected chi connectivity index (χ0v) is 14.1. The highest BCUT2D eigenvalue weighted by atomic mass is 32.2. The van der Waals surface area contributed by atoms with E-state index in [0.717, 1.165) is 22.7 Å². The molecule has 5 nitrogen and oxygen atoms in total. The van der Waals surface area contributed by atoms with Crippen molar-refractivity contribution in [1.29, 1.82) is 0 Å². The molecule has 2 rings (SSSR count). The smallest absolute Gasteiger partial charge is 0.230 e. The molecule has 1 aromatic heterocycles. The minimum absolute atomic E-state index is 0.0347. The molecule has 22 heavy (non-hydrogen) atoms. The third kappa shape index (κ3) is 3.81. The molecule has 0 saturated carbocycles. The van der Waals surface area contributed by atoms with E-state index in [-0.39, 0.29) is 24.5 Å². The monoisotopic (exact) mass is 321 g/mol. The molecule has 6 heteroatoms. The molecule has 1 aromatic carbocycles. The molecule has 0 fully saturated rings. The number of rotatable bonds is 7. The number of aromatic nitrogens is 2. The molecule has 2 unspecified atom stereocenters. The molecule has 0 spiro atoms. The average molecular weight is 321 g/mol. The van der Waals surface area contributed by atoms with Crippen molar-refractivity contribution in [2.45, 2.75) is 38.5 Å². The van der Waals surface area contributed by atoms with Crippen LogP contribution in [0, 0.1) is 5.92 Å². The lowest BCUT2D eigenvalue weighted by Crippen LogP contribution is -2.39. The Balaban J connectivity index is 2.01. The molecule has 0 aliphatic rings. The van der Waals surface area contributed by atoms with Gasteiger partial charge in [0.1, 0.15) is 0 Å². The Kier molecular flexibility index (Phi) is 5.85. The van der Waals surface area contributed by atoms with Crippen LogP contribution in [0.25, 0.3) is 11.0 Å². The van der Waals surface area contributed by atoms with Crippen LogP contribution in [0.5, 0.6) is 0 Å². The largest absolute Gasteiger partial charge is 0.396 e. The van der Waals surface area contributed by atoms with Crippen LogP contribution in [0.3, 0.4) is 0 Å². The first-order valence-corrected chi connectivity index (χ1v) is 8.53. The number of hydrogen-bond acceptors (Lipinski definition) is 4. The van der Waals surface area contributed by atoms with Crippen LogP contribution in [0.2, 0.25) is 0 Å². The fourth-order valence-corrected chi connectivity index (χ4v) is 3.08. The summed E-state index contributed by atoms with van der Waals surface area (Å²) in [5.74, 6) is 0.341. The summed E-state index contributed by atoms with van der Waals surface area (Å²) in [6.45, 7) is 6.78. The van der Waals surface area contributed by atoms with E-state index < -0.39 is 0 Å². The van der Waals surface area contributed by atoms with Crippen LogP contribution in [0.1, 0.15) is 20.8 Å². The molecule has 2 aromatic rings. The van der Waals surface area contributed by atoms with Crippen molar-refractivity contribution >= 4 is 28.7 Å². The van der Waals surface area contributed by atoms with Crippen molar-refractivity contribution in [1.82, 2.24) is 14.9 Å². The van der Waals surface area contributed by atoms with Crippen LogP contribution in [0.4, 0.5) is 0 Å². The normalized spacial score (nSPS) is 14.0. The Morgan fingerprint density at radius 1 is 1.41 bits per heavy atom. The number of nitrogens with zero attached hydrogens (tertiary/aromatic N) is 2. The van der Waals surface area contributed by atoms with E-state index >= 15 is 0 Å². The van der Waals surface area contributed by atoms with E-state index in [2.05, 4.69) is 21.8 Å². The molecule has 0 radical (unpaired) electrons. The summed E-state index contributed by atoms with van der Waals surface area (Å²) in [6, 6.07) is 7.95. The third-order valence-corrected chi connectivity index (χ3v) is 4.77. The minimum Gasteiger partial charge on any atom is -0.396 e. The third-order valence-electron chi connectivity index (χ3n) is 3.80. The van der Waals surface area contributed by atoms with Gasteiger partial charge < -0.3 is 15.0 Å². The van der Waals surface area contributed by atoms with Crippen molar-refractivity contribution in [3.63, 3.8) is 0 Å². The Bertz CT molecular complexity index is 641. The number of aliphatic hydroxyl groups excluding tert-OH is 1. The SMILES string of the molecule is CCn1c(SCC(=O)NC(C)C(C)CO)nc2ccccc21. The maximum absolute atomic E-state index is 12.0. The van der Waals surface area contributed by atoms with Crippen LogP contribution in [-0.2, 0) is 11.3 Å². The number of fused-ring (bicyclic) bond motifs is 1. The summed E-state index contributed by atoms with van der Waals surface area (Å²) in [5, 5.41) is 12.9. The maximum Gasteiger partial charge on any atom is 0.230 e. The fourth-order valence-electron chi connectivity index (χ4n) is 2.20. The van der Waals surface area contributed by atoms with Gasteiger partial charge in [0.15, 0.2) is 5.16 Å². The first kappa shape index (κ1) is 16.8. The molecule has 1 heterocycles. The van der Waals surface area contributed by atoms with Gasteiger partial charge in [0.05, 0.1) is 16.8 Å². The zero-order valence-electron chi connectivity index (χ0n) is 13.2. The van der Waals surface area contributed by atoms with E-state index in [1.54, 1.807) is 0 Å². The minimum atomic E-state index is -0.0388. The highest BCUT2D eigenvalue weighted by Crippen LogP contribution is 2.23. The number of carbonyl (C=O) groups excluding carboxylic acids is 1. The summed E-state index contributed by atoms with van der Waals surface area (Å²) >= 11 is 1.44. The van der Waals surface area contributed by atoms with E-state index in [1.807, 2.05) is 38.1 Å². The molecular formula is C16H23N3O2S. The van der Waals surface area contributed by atoms with Crippen LogP contribution < -0.4 is 5.32 Å². The summed E-state index contributed by atoms with van der Waals surface area (Å²) in [4.78, 5) is 16.6. The van der Waals surface area contributed by atoms with Gasteiger partial charge in [-0.3, -0.25) is 4.79 Å². The van der Waals surface area contributed by atoms with Gasteiger partial charge in [0, 0.05) is 19.2 Å². The molecule has 2 atom stereocenters. The standard InChI is InChI=1S/C16H23N3O2S/c1-4-19-14-8-6-5-7-13(14)18-16(19)22-10-15(21)17-12(3)11(2)9-20/h5-8,11-12,20H,4,9-10H2,1-3H3,(H,17,21). The Hall–Kier alpha value is -1.53. The van der Waals surface area contributed by atoms with Gasteiger partial charge in [-0.2, -0.15) is 0 Å². The second kappa shape index (κ2) is 7.65.